The van der Waals surface area contributed by atoms with Crippen LogP contribution in [-0.4, -0.2) is 51.2 Å². The summed E-state index contributed by atoms with van der Waals surface area (Å²) >= 11 is 0. The van der Waals surface area contributed by atoms with Gasteiger partial charge in [-0.3, -0.25) is 4.79 Å². The molecule has 2 amide bonds. The van der Waals surface area contributed by atoms with Gasteiger partial charge in [-0.05, 0) is 74.4 Å². The molecular weight excluding hydrogens is 520 g/mol. The second-order valence-electron chi connectivity index (χ2n) is 11.8. The van der Waals surface area contributed by atoms with Crippen molar-refractivity contribution in [3.8, 4) is 5.75 Å². The van der Waals surface area contributed by atoms with Crippen molar-refractivity contribution in [2.24, 2.45) is 5.92 Å². The first-order valence-electron chi connectivity index (χ1n) is 14.0. The molecule has 0 saturated heterocycles. The van der Waals surface area contributed by atoms with Gasteiger partial charge in [0.1, 0.15) is 11.4 Å². The molecule has 8 nitrogen and oxygen atoms in total. The van der Waals surface area contributed by atoms with E-state index in [-0.39, 0.29) is 24.5 Å². The molecule has 0 aromatic heterocycles. The number of hydrogen-bond donors (Lipinski definition) is 5. The highest BCUT2D eigenvalue weighted by molar-refractivity contribution is 5.80. The van der Waals surface area contributed by atoms with Crippen molar-refractivity contribution in [2.75, 3.05) is 0 Å². The summed E-state index contributed by atoms with van der Waals surface area (Å²) in [6.45, 7) is 5.30. The van der Waals surface area contributed by atoms with Crippen LogP contribution in [0.5, 0.6) is 5.75 Å². The molecule has 1 aliphatic rings. The lowest BCUT2D eigenvalue weighted by molar-refractivity contribution is -0.127. The van der Waals surface area contributed by atoms with Gasteiger partial charge in [-0.2, -0.15) is 0 Å². The molecule has 0 bridgehead atoms. The van der Waals surface area contributed by atoms with E-state index in [2.05, 4.69) is 10.6 Å². The van der Waals surface area contributed by atoms with E-state index in [1.54, 1.807) is 45.0 Å². The maximum Gasteiger partial charge on any atom is 0.407 e. The van der Waals surface area contributed by atoms with Crippen LogP contribution in [0.25, 0.3) is 0 Å². The van der Waals surface area contributed by atoms with Crippen molar-refractivity contribution in [1.82, 2.24) is 10.6 Å². The van der Waals surface area contributed by atoms with Crippen LogP contribution in [0.15, 0.2) is 78.9 Å². The number of alkyl carbamates (subject to hydrolysis) is 1. The number of rotatable bonds is 10. The molecule has 0 saturated carbocycles. The van der Waals surface area contributed by atoms with Crippen molar-refractivity contribution in [2.45, 2.75) is 76.3 Å². The summed E-state index contributed by atoms with van der Waals surface area (Å²) in [6.07, 6.45) is -1.37. The zero-order valence-electron chi connectivity index (χ0n) is 23.8. The third-order valence-corrected chi connectivity index (χ3v) is 7.28. The highest BCUT2D eigenvalue weighted by atomic mass is 16.6. The SMILES string of the molecule is CC(C)(C)OC(=O)N[C@@H](Cc1ccccc1)[C@@H](O)C[C@H](Cc1ccc(O)cc1)C(=O)NC1c2ccccc2C[C@H]1O. The Bertz CT molecular complexity index is 1310. The molecule has 0 fully saturated rings. The van der Waals surface area contributed by atoms with E-state index >= 15 is 0 Å². The van der Waals surface area contributed by atoms with Gasteiger partial charge < -0.3 is 30.7 Å². The molecule has 1 aliphatic carbocycles. The van der Waals surface area contributed by atoms with Gasteiger partial charge >= 0.3 is 6.09 Å². The van der Waals surface area contributed by atoms with Crippen LogP contribution in [-0.2, 0) is 28.8 Å². The van der Waals surface area contributed by atoms with E-state index in [1.807, 2.05) is 54.6 Å². The molecule has 0 aliphatic heterocycles. The van der Waals surface area contributed by atoms with Crippen LogP contribution in [0.2, 0.25) is 0 Å². The summed E-state index contributed by atoms with van der Waals surface area (Å²) in [6, 6.07) is 22.4. The minimum atomic E-state index is -1.09. The number of carbonyl (C=O) groups excluding carboxylic acids is 2. The monoisotopic (exact) mass is 560 g/mol. The normalized spacial score (nSPS) is 18.6. The van der Waals surface area contributed by atoms with Gasteiger partial charge in [0.05, 0.1) is 24.3 Å². The number of ether oxygens (including phenoxy) is 1. The Kier molecular flexibility index (Phi) is 9.68. The van der Waals surface area contributed by atoms with E-state index in [0.29, 0.717) is 12.8 Å². The second-order valence-corrected chi connectivity index (χ2v) is 11.8. The van der Waals surface area contributed by atoms with E-state index < -0.39 is 41.9 Å². The summed E-state index contributed by atoms with van der Waals surface area (Å²) < 4.78 is 5.46. The number of carbonyl (C=O) groups is 2. The topological polar surface area (TPSA) is 128 Å². The molecule has 41 heavy (non-hydrogen) atoms. The fourth-order valence-electron chi connectivity index (χ4n) is 5.28. The Morgan fingerprint density at radius 1 is 0.927 bits per heavy atom. The Morgan fingerprint density at radius 3 is 2.24 bits per heavy atom. The van der Waals surface area contributed by atoms with E-state index in [9.17, 15) is 24.9 Å². The lowest BCUT2D eigenvalue weighted by Gasteiger charge is -2.29. The number of hydrogen-bond acceptors (Lipinski definition) is 6. The largest absolute Gasteiger partial charge is 0.508 e. The molecule has 5 N–H and O–H groups in total. The Morgan fingerprint density at radius 2 is 1.56 bits per heavy atom. The standard InChI is InChI=1S/C33H40N2O6/c1-33(2,3)41-32(40)34-27(18-21-9-5-4-6-10-21)28(37)20-24(17-22-13-15-25(36)16-14-22)31(39)35-30-26-12-8-7-11-23(26)19-29(30)38/h4-16,24,27-30,36-38H,17-20H2,1-3H3,(H,34,40)(H,35,39)/t24-,27-,28-,29+,30?/m0/s1. The summed E-state index contributed by atoms with van der Waals surface area (Å²) in [5.74, 6) is -0.883. The maximum absolute atomic E-state index is 13.8. The van der Waals surface area contributed by atoms with Crippen LogP contribution in [0, 0.1) is 5.92 Å². The maximum atomic E-state index is 13.8. The number of amides is 2. The average molecular weight is 561 g/mol. The zero-order valence-corrected chi connectivity index (χ0v) is 23.8. The van der Waals surface area contributed by atoms with Crippen molar-refractivity contribution >= 4 is 12.0 Å². The molecule has 218 valence electrons. The predicted molar refractivity (Wildman–Crippen MR) is 156 cm³/mol. The minimum Gasteiger partial charge on any atom is -0.508 e. The Labute approximate surface area is 241 Å². The van der Waals surface area contributed by atoms with E-state index in [4.69, 9.17) is 4.74 Å². The summed E-state index contributed by atoms with van der Waals surface area (Å²) in [5, 5.41) is 37.8. The molecule has 1 unspecified atom stereocenters. The predicted octanol–water partition coefficient (Wildman–Crippen LogP) is 4.21. The van der Waals surface area contributed by atoms with Crippen LogP contribution >= 0.6 is 0 Å². The molecule has 0 radical (unpaired) electrons. The van der Waals surface area contributed by atoms with Gasteiger partial charge in [0.15, 0.2) is 0 Å². The van der Waals surface area contributed by atoms with Crippen molar-refractivity contribution < 1.29 is 29.6 Å². The smallest absolute Gasteiger partial charge is 0.407 e. The summed E-state index contributed by atoms with van der Waals surface area (Å²) in [4.78, 5) is 26.5. The van der Waals surface area contributed by atoms with Gasteiger partial charge in [-0.1, -0.05) is 66.7 Å². The lowest BCUT2D eigenvalue weighted by atomic mass is 9.88. The second kappa shape index (κ2) is 13.2. The number of aliphatic hydroxyl groups excluding tert-OH is 2. The summed E-state index contributed by atoms with van der Waals surface area (Å²) in [5.41, 5.74) is 2.88. The van der Waals surface area contributed by atoms with Gasteiger partial charge in [0.2, 0.25) is 5.91 Å². The van der Waals surface area contributed by atoms with E-state index in [1.165, 1.54) is 0 Å². The number of aromatic hydroxyl groups is 1. The van der Waals surface area contributed by atoms with Gasteiger partial charge in [0.25, 0.3) is 0 Å². The molecule has 0 spiro atoms. The van der Waals surface area contributed by atoms with Crippen LogP contribution in [0.3, 0.4) is 0 Å². The number of aliphatic hydroxyl groups is 2. The molecule has 8 heteroatoms. The minimum absolute atomic E-state index is 0.0461. The average Bonchev–Trinajstić information content (AvgIpc) is 3.23. The van der Waals surface area contributed by atoms with Crippen molar-refractivity contribution in [3.05, 3.63) is 101 Å². The number of phenolic OH excluding ortho intramolecular Hbond substituents is 1. The first-order chi connectivity index (χ1) is 19.5. The molecule has 3 aromatic rings. The number of fused-ring (bicyclic) bond motifs is 1. The lowest BCUT2D eigenvalue weighted by Crippen LogP contribution is -2.48. The number of benzene rings is 3. The van der Waals surface area contributed by atoms with Gasteiger partial charge in [0, 0.05) is 12.3 Å². The highest BCUT2D eigenvalue weighted by Crippen LogP contribution is 2.32. The quantitative estimate of drug-likeness (QED) is 0.253. The fourth-order valence-corrected chi connectivity index (χ4v) is 5.28. The third-order valence-electron chi connectivity index (χ3n) is 7.28. The molecule has 5 atom stereocenters. The Hall–Kier alpha value is -3.88. The van der Waals surface area contributed by atoms with Crippen LogP contribution < -0.4 is 10.6 Å². The van der Waals surface area contributed by atoms with Crippen LogP contribution in [0.4, 0.5) is 4.79 Å². The number of phenols is 1. The van der Waals surface area contributed by atoms with Crippen LogP contribution in [0.1, 0.15) is 55.5 Å². The fraction of sp³-hybridized carbons (Fsp3) is 0.394. The first kappa shape index (κ1) is 30.1. The highest BCUT2D eigenvalue weighted by Gasteiger charge is 2.35. The molecule has 4 rings (SSSR count). The van der Waals surface area contributed by atoms with Crippen molar-refractivity contribution in [1.29, 1.82) is 0 Å². The van der Waals surface area contributed by atoms with Gasteiger partial charge in [-0.25, -0.2) is 4.79 Å². The third kappa shape index (κ3) is 8.55. The van der Waals surface area contributed by atoms with Gasteiger partial charge in [-0.15, -0.1) is 0 Å². The van der Waals surface area contributed by atoms with E-state index in [0.717, 1.165) is 22.3 Å². The zero-order chi connectivity index (χ0) is 29.6. The molecular formula is C33H40N2O6. The first-order valence-corrected chi connectivity index (χ1v) is 14.0. The summed E-state index contributed by atoms with van der Waals surface area (Å²) in [7, 11) is 0. The number of nitrogens with one attached hydrogen (secondary N) is 2. The van der Waals surface area contributed by atoms with Crippen molar-refractivity contribution in [3.63, 3.8) is 0 Å². The molecule has 3 aromatic carbocycles. The molecule has 0 heterocycles. The Balaban J connectivity index is 1.56.